The molecule has 0 unspecified atom stereocenters. The van der Waals surface area contributed by atoms with Gasteiger partial charge in [-0.1, -0.05) is 47.5 Å². The van der Waals surface area contributed by atoms with Crippen LogP contribution in [0.25, 0.3) is 0 Å². The molecule has 1 aromatic rings. The summed E-state index contributed by atoms with van der Waals surface area (Å²) in [6.07, 6.45) is -0.786. The Balaban J connectivity index is 2.28. The van der Waals surface area contributed by atoms with Crippen LogP contribution in [0.4, 0.5) is 14.6 Å². The lowest BCUT2D eigenvalue weighted by molar-refractivity contribution is -0.138. The molecule has 194 valence electrons. The molecule has 1 fully saturated rings. The number of aromatic nitrogens is 2. The molecular weight excluding hydrogens is 464 g/mol. The fourth-order valence-corrected chi connectivity index (χ4v) is 5.04. The number of amides is 1. The Bertz CT molecular complexity index is 897. The monoisotopic (exact) mass is 503 g/mol. The highest BCUT2D eigenvalue weighted by atomic mass is 28.4. The van der Waals surface area contributed by atoms with Gasteiger partial charge in [-0.15, -0.1) is 0 Å². The molecule has 0 aliphatic carbocycles. The summed E-state index contributed by atoms with van der Waals surface area (Å²) in [5.74, 6) is -4.05. The van der Waals surface area contributed by atoms with Crippen LogP contribution >= 0.6 is 0 Å². The molecular formula is C23H39F2N3O5Si. The second-order valence-electron chi connectivity index (χ2n) is 10.4. The Morgan fingerprint density at radius 1 is 1.32 bits per heavy atom. The Labute approximate surface area is 201 Å². The van der Waals surface area contributed by atoms with Crippen LogP contribution < -0.4 is 11.0 Å². The van der Waals surface area contributed by atoms with Crippen molar-refractivity contribution in [2.45, 2.75) is 103 Å². The van der Waals surface area contributed by atoms with Crippen LogP contribution in [0, 0.1) is 5.92 Å². The summed E-state index contributed by atoms with van der Waals surface area (Å²) in [6, 6.07) is 1.30. The molecule has 2 N–H and O–H groups in total. The number of halogens is 2. The highest BCUT2D eigenvalue weighted by molar-refractivity contribution is 6.74. The molecule has 0 spiro atoms. The molecule has 1 aromatic heterocycles. The number of aliphatic hydroxyl groups excluding tert-OH is 1. The molecule has 2 heterocycles. The van der Waals surface area contributed by atoms with Crippen molar-refractivity contribution in [3.8, 4) is 0 Å². The predicted molar refractivity (Wildman–Crippen MR) is 128 cm³/mol. The van der Waals surface area contributed by atoms with Gasteiger partial charge in [-0.3, -0.25) is 9.36 Å². The molecule has 0 radical (unpaired) electrons. The first-order valence-electron chi connectivity index (χ1n) is 11.9. The molecule has 11 heteroatoms. The van der Waals surface area contributed by atoms with Gasteiger partial charge in [-0.25, -0.2) is 4.79 Å². The van der Waals surface area contributed by atoms with Crippen molar-refractivity contribution in [3.63, 3.8) is 0 Å². The molecule has 1 saturated heterocycles. The smallest absolute Gasteiger partial charge is 0.351 e. The van der Waals surface area contributed by atoms with E-state index in [4.69, 9.17) is 9.16 Å². The van der Waals surface area contributed by atoms with Crippen LogP contribution in [0.15, 0.2) is 17.1 Å². The number of hydrogen-bond donors (Lipinski definition) is 2. The van der Waals surface area contributed by atoms with Crippen LogP contribution in [0.1, 0.15) is 66.5 Å². The fraction of sp³-hybridized carbons (Fsp3) is 0.783. The van der Waals surface area contributed by atoms with Crippen LogP contribution in [0.2, 0.25) is 18.1 Å². The Kier molecular flexibility index (Phi) is 9.17. The summed E-state index contributed by atoms with van der Waals surface area (Å²) in [6.45, 7) is 12.7. The molecule has 3 atom stereocenters. The van der Waals surface area contributed by atoms with Crippen LogP contribution in [0.5, 0.6) is 0 Å². The van der Waals surface area contributed by atoms with Gasteiger partial charge in [-0.2, -0.15) is 13.8 Å². The average Bonchev–Trinajstić information content (AvgIpc) is 2.96. The van der Waals surface area contributed by atoms with Crippen LogP contribution in [0.3, 0.4) is 0 Å². The van der Waals surface area contributed by atoms with Gasteiger partial charge in [0.25, 0.3) is 0 Å². The fourth-order valence-electron chi connectivity index (χ4n) is 3.75. The minimum absolute atomic E-state index is 0.00227. The number of rotatable bonds is 10. The highest BCUT2D eigenvalue weighted by Gasteiger charge is 2.62. The van der Waals surface area contributed by atoms with Crippen molar-refractivity contribution in [1.29, 1.82) is 0 Å². The van der Waals surface area contributed by atoms with Crippen molar-refractivity contribution in [1.82, 2.24) is 9.55 Å². The molecule has 0 saturated carbocycles. The van der Waals surface area contributed by atoms with Gasteiger partial charge in [0, 0.05) is 12.1 Å². The molecule has 0 bridgehead atoms. The summed E-state index contributed by atoms with van der Waals surface area (Å²) in [4.78, 5) is 29.0. The summed E-state index contributed by atoms with van der Waals surface area (Å²) >= 11 is 0. The summed E-state index contributed by atoms with van der Waals surface area (Å²) in [5, 5.41) is 12.0. The minimum Gasteiger partial charge on any atom is -0.405 e. The molecule has 2 rings (SSSR count). The van der Waals surface area contributed by atoms with Gasteiger partial charge < -0.3 is 19.6 Å². The molecule has 1 amide bonds. The van der Waals surface area contributed by atoms with E-state index < -0.39 is 45.0 Å². The molecule has 34 heavy (non-hydrogen) atoms. The number of hydrogen-bond acceptors (Lipinski definition) is 6. The zero-order valence-electron chi connectivity index (χ0n) is 21.2. The SMILES string of the molecule is CCCC(CCC)C(=O)Nc1ccn([C@@H]2O[C@H](CO)[C@@H](O[Si](C)(C)C(C)(C)C)C2(F)F)c(=O)n1. The zero-order valence-corrected chi connectivity index (χ0v) is 22.2. The third-order valence-corrected chi connectivity index (χ3v) is 11.2. The highest BCUT2D eigenvalue weighted by Crippen LogP contribution is 2.47. The maximum Gasteiger partial charge on any atom is 0.351 e. The summed E-state index contributed by atoms with van der Waals surface area (Å²) < 4.78 is 43.0. The summed E-state index contributed by atoms with van der Waals surface area (Å²) in [5.41, 5.74) is -0.991. The Morgan fingerprint density at radius 2 is 1.91 bits per heavy atom. The lowest BCUT2D eigenvalue weighted by Crippen LogP contribution is -2.52. The third kappa shape index (κ3) is 6.10. The van der Waals surface area contributed by atoms with Crippen LogP contribution in [-0.4, -0.2) is 53.6 Å². The second kappa shape index (κ2) is 10.9. The second-order valence-corrected chi connectivity index (χ2v) is 15.2. The normalized spacial score (nSPS) is 22.9. The third-order valence-electron chi connectivity index (χ3n) is 6.74. The number of nitrogens with zero attached hydrogens (tertiary/aromatic N) is 2. The van der Waals surface area contributed by atoms with E-state index in [0.717, 1.165) is 19.0 Å². The van der Waals surface area contributed by atoms with E-state index in [-0.39, 0.29) is 22.7 Å². The van der Waals surface area contributed by atoms with E-state index in [0.29, 0.717) is 17.4 Å². The van der Waals surface area contributed by atoms with Gasteiger partial charge in [0.05, 0.1) is 6.61 Å². The lowest BCUT2D eigenvalue weighted by Gasteiger charge is -2.40. The molecule has 8 nitrogen and oxygen atoms in total. The van der Waals surface area contributed by atoms with E-state index in [1.54, 1.807) is 0 Å². The van der Waals surface area contributed by atoms with E-state index >= 15 is 8.78 Å². The largest absolute Gasteiger partial charge is 0.405 e. The quantitative estimate of drug-likeness (QED) is 0.461. The standard InChI is InChI=1S/C23H39F2N3O5Si/c1-8-10-15(11-9-2)19(30)26-17-12-13-28(21(31)27-17)20-23(24,25)18(16(14-29)32-20)33-34(6,7)22(3,4)5/h12-13,15-16,18,20,29H,8-11,14H2,1-7H3,(H,26,27,30,31)/t16-,18-,20-/m1/s1. The topological polar surface area (TPSA) is 103 Å². The van der Waals surface area contributed by atoms with Crippen molar-refractivity contribution >= 4 is 20.0 Å². The Morgan fingerprint density at radius 3 is 2.38 bits per heavy atom. The first kappa shape index (κ1) is 28.5. The van der Waals surface area contributed by atoms with Gasteiger partial charge in [-0.05, 0) is 37.0 Å². The van der Waals surface area contributed by atoms with E-state index in [1.807, 2.05) is 47.7 Å². The number of nitrogens with one attached hydrogen (secondary N) is 1. The van der Waals surface area contributed by atoms with Crippen LogP contribution in [-0.2, 0) is 14.0 Å². The number of ether oxygens (including phenoxy) is 1. The first-order chi connectivity index (χ1) is 15.7. The van der Waals surface area contributed by atoms with E-state index in [1.165, 1.54) is 6.07 Å². The maximum absolute atomic E-state index is 15.5. The molecule has 0 aromatic carbocycles. The molecule has 1 aliphatic rings. The predicted octanol–water partition coefficient (Wildman–Crippen LogP) is 4.31. The maximum atomic E-state index is 15.5. The van der Waals surface area contributed by atoms with E-state index in [2.05, 4.69) is 10.3 Å². The van der Waals surface area contributed by atoms with Crippen molar-refractivity contribution in [2.75, 3.05) is 11.9 Å². The van der Waals surface area contributed by atoms with Crippen molar-refractivity contribution in [2.24, 2.45) is 5.92 Å². The van der Waals surface area contributed by atoms with Gasteiger partial charge in [0.1, 0.15) is 18.0 Å². The summed E-state index contributed by atoms with van der Waals surface area (Å²) in [7, 11) is -2.63. The number of alkyl halides is 2. The first-order valence-corrected chi connectivity index (χ1v) is 14.8. The average molecular weight is 504 g/mol. The molecule has 1 aliphatic heterocycles. The number of anilines is 1. The number of carbonyl (C=O) groups is 1. The Hall–Kier alpha value is -1.69. The number of carbonyl (C=O) groups excluding carboxylic acids is 1. The minimum atomic E-state index is -3.59. The van der Waals surface area contributed by atoms with Gasteiger partial charge in [0.2, 0.25) is 12.1 Å². The van der Waals surface area contributed by atoms with Gasteiger partial charge in [0.15, 0.2) is 8.32 Å². The zero-order chi connectivity index (χ0) is 25.9. The number of aliphatic hydroxyl groups is 1. The van der Waals surface area contributed by atoms with Crippen molar-refractivity contribution in [3.05, 3.63) is 22.7 Å². The van der Waals surface area contributed by atoms with Crippen molar-refractivity contribution < 1.29 is 27.8 Å². The lowest BCUT2D eigenvalue weighted by atomic mass is 9.97. The van der Waals surface area contributed by atoms with Gasteiger partial charge >= 0.3 is 11.6 Å². The van der Waals surface area contributed by atoms with E-state index in [9.17, 15) is 14.7 Å².